The van der Waals surface area contributed by atoms with Gasteiger partial charge in [0.2, 0.25) is 0 Å². The second kappa shape index (κ2) is 7.39. The first-order chi connectivity index (χ1) is 12.8. The summed E-state index contributed by atoms with van der Waals surface area (Å²) in [6.07, 6.45) is 1.36. The Morgan fingerprint density at radius 2 is 1.81 bits per heavy atom. The highest BCUT2D eigenvalue weighted by Crippen LogP contribution is 2.33. The van der Waals surface area contributed by atoms with Crippen molar-refractivity contribution in [1.29, 1.82) is 0 Å². The van der Waals surface area contributed by atoms with Crippen molar-refractivity contribution in [3.63, 3.8) is 0 Å². The molecule has 0 spiro atoms. The molecule has 27 heavy (non-hydrogen) atoms. The van der Waals surface area contributed by atoms with E-state index < -0.39 is 17.8 Å². The zero-order valence-electron chi connectivity index (χ0n) is 14.4. The van der Waals surface area contributed by atoms with E-state index in [9.17, 15) is 19.5 Å². The molecule has 138 valence electrons. The van der Waals surface area contributed by atoms with Crippen molar-refractivity contribution in [2.24, 2.45) is 0 Å². The van der Waals surface area contributed by atoms with Crippen LogP contribution in [0.1, 0.15) is 11.1 Å². The average molecular weight is 478 g/mol. The lowest BCUT2D eigenvalue weighted by Crippen LogP contribution is -2.54. The normalized spacial score (nSPS) is 15.9. The molecule has 0 unspecified atom stereocenters. The van der Waals surface area contributed by atoms with Crippen LogP contribution >= 0.6 is 22.6 Å². The molecule has 1 fully saturated rings. The Kier molecular flexibility index (Phi) is 5.17. The summed E-state index contributed by atoms with van der Waals surface area (Å²) in [7, 11) is 1.40. The van der Waals surface area contributed by atoms with Gasteiger partial charge in [0, 0.05) is 0 Å². The van der Waals surface area contributed by atoms with Gasteiger partial charge in [-0.3, -0.25) is 14.9 Å². The Morgan fingerprint density at radius 1 is 1.15 bits per heavy atom. The Bertz CT molecular complexity index is 982. The van der Waals surface area contributed by atoms with Gasteiger partial charge in [-0.15, -0.1) is 0 Å². The largest absolute Gasteiger partial charge is 0.504 e. The number of aromatic hydroxyl groups is 1. The number of urea groups is 1. The molecule has 8 heteroatoms. The number of aryl methyl sites for hydroxylation is 1. The highest BCUT2D eigenvalue weighted by Gasteiger charge is 2.36. The number of carbonyl (C=O) groups excluding carboxylic acids is 3. The maximum Gasteiger partial charge on any atom is 0.335 e. The third-order valence-corrected chi connectivity index (χ3v) is 4.80. The molecule has 1 heterocycles. The third kappa shape index (κ3) is 3.65. The molecule has 2 aromatic carbocycles. The van der Waals surface area contributed by atoms with Gasteiger partial charge in [0.05, 0.1) is 16.4 Å². The van der Waals surface area contributed by atoms with E-state index in [0.717, 1.165) is 10.5 Å². The van der Waals surface area contributed by atoms with Crippen molar-refractivity contribution in [2.45, 2.75) is 6.92 Å². The molecule has 1 aliphatic rings. The van der Waals surface area contributed by atoms with Crippen molar-refractivity contribution in [3.05, 3.63) is 56.7 Å². The molecule has 3 rings (SSSR count). The van der Waals surface area contributed by atoms with Gasteiger partial charge in [-0.2, -0.15) is 0 Å². The van der Waals surface area contributed by atoms with E-state index in [0.29, 0.717) is 14.8 Å². The minimum Gasteiger partial charge on any atom is -0.504 e. The van der Waals surface area contributed by atoms with Crippen LogP contribution in [-0.4, -0.2) is 30.1 Å². The number of imide groups is 2. The maximum absolute atomic E-state index is 12.8. The molecule has 0 bridgehead atoms. The van der Waals surface area contributed by atoms with E-state index in [4.69, 9.17) is 4.74 Å². The smallest absolute Gasteiger partial charge is 0.335 e. The fourth-order valence-electron chi connectivity index (χ4n) is 2.59. The van der Waals surface area contributed by atoms with Crippen LogP contribution in [0.3, 0.4) is 0 Å². The van der Waals surface area contributed by atoms with E-state index in [1.807, 2.05) is 29.5 Å². The lowest BCUT2D eigenvalue weighted by atomic mass is 10.1. The summed E-state index contributed by atoms with van der Waals surface area (Å²) in [6.45, 7) is 1.89. The third-order valence-electron chi connectivity index (χ3n) is 3.98. The molecule has 0 aromatic heterocycles. The Labute approximate surface area is 168 Å². The number of benzene rings is 2. The van der Waals surface area contributed by atoms with Crippen molar-refractivity contribution >= 4 is 52.2 Å². The van der Waals surface area contributed by atoms with E-state index >= 15 is 0 Å². The van der Waals surface area contributed by atoms with Gasteiger partial charge in [-0.1, -0.05) is 17.7 Å². The molecule has 2 N–H and O–H groups in total. The van der Waals surface area contributed by atoms with E-state index in [1.165, 1.54) is 19.3 Å². The summed E-state index contributed by atoms with van der Waals surface area (Å²) in [5.41, 5.74) is 1.62. The molecule has 2 aromatic rings. The first-order valence-corrected chi connectivity index (χ1v) is 8.94. The SMILES string of the molecule is COc1cc(/C=C2\C(=O)NC(=O)N(c3ccc(C)cc3)C2=O)cc(I)c1O. The van der Waals surface area contributed by atoms with E-state index in [1.54, 1.807) is 30.3 Å². The summed E-state index contributed by atoms with van der Waals surface area (Å²) in [6, 6.07) is 9.09. The monoisotopic (exact) mass is 478 g/mol. The summed E-state index contributed by atoms with van der Waals surface area (Å²) in [5.74, 6) is -1.33. The Balaban J connectivity index is 2.04. The second-order valence-corrected chi connectivity index (χ2v) is 7.01. The molecule has 0 aliphatic carbocycles. The van der Waals surface area contributed by atoms with Crippen LogP contribution in [0.2, 0.25) is 0 Å². The number of phenols is 1. The predicted molar refractivity (Wildman–Crippen MR) is 108 cm³/mol. The Hall–Kier alpha value is -2.88. The molecular weight excluding hydrogens is 463 g/mol. The lowest BCUT2D eigenvalue weighted by molar-refractivity contribution is -0.122. The highest BCUT2D eigenvalue weighted by molar-refractivity contribution is 14.1. The quantitative estimate of drug-likeness (QED) is 0.402. The number of nitrogens with one attached hydrogen (secondary N) is 1. The molecule has 0 saturated carbocycles. The standard InChI is InChI=1S/C19H15IN2O5/c1-10-3-5-12(6-4-10)22-18(25)13(17(24)21-19(22)26)7-11-8-14(20)16(23)15(9-11)27-2/h3-9,23H,1-2H3,(H,21,24,26)/b13-7+. The number of phenolic OH excluding ortho intramolecular Hbond substituents is 1. The van der Waals surface area contributed by atoms with Crippen LogP contribution in [0, 0.1) is 10.5 Å². The maximum atomic E-state index is 12.8. The van der Waals surface area contributed by atoms with Crippen LogP contribution in [0.15, 0.2) is 42.0 Å². The number of hydrogen-bond donors (Lipinski definition) is 2. The summed E-state index contributed by atoms with van der Waals surface area (Å²) >= 11 is 1.91. The molecular formula is C19H15IN2O5. The second-order valence-electron chi connectivity index (χ2n) is 5.85. The van der Waals surface area contributed by atoms with Crippen LogP contribution in [0.4, 0.5) is 10.5 Å². The fourth-order valence-corrected chi connectivity index (χ4v) is 3.21. The fraction of sp³-hybridized carbons (Fsp3) is 0.105. The topological polar surface area (TPSA) is 95.9 Å². The number of anilines is 1. The zero-order chi connectivity index (χ0) is 19.7. The van der Waals surface area contributed by atoms with Gasteiger partial charge in [0.25, 0.3) is 11.8 Å². The minimum atomic E-state index is -0.802. The number of rotatable bonds is 3. The summed E-state index contributed by atoms with van der Waals surface area (Å²) in [4.78, 5) is 38.2. The zero-order valence-corrected chi connectivity index (χ0v) is 16.6. The van der Waals surface area contributed by atoms with Crippen LogP contribution in [0.5, 0.6) is 11.5 Å². The van der Waals surface area contributed by atoms with Crippen molar-refractivity contribution in [2.75, 3.05) is 12.0 Å². The number of halogens is 1. The van der Waals surface area contributed by atoms with Gasteiger partial charge in [-0.05, 0) is 65.4 Å². The van der Waals surface area contributed by atoms with Gasteiger partial charge in [0.15, 0.2) is 11.5 Å². The average Bonchev–Trinajstić information content (AvgIpc) is 2.62. The first-order valence-electron chi connectivity index (χ1n) is 7.86. The van der Waals surface area contributed by atoms with Crippen molar-refractivity contribution in [1.82, 2.24) is 5.32 Å². The number of hydrogen-bond acceptors (Lipinski definition) is 5. The van der Waals surface area contributed by atoms with Crippen LogP contribution in [0.25, 0.3) is 6.08 Å². The van der Waals surface area contributed by atoms with Crippen molar-refractivity contribution in [3.8, 4) is 11.5 Å². The van der Waals surface area contributed by atoms with Gasteiger partial charge < -0.3 is 9.84 Å². The Morgan fingerprint density at radius 3 is 2.44 bits per heavy atom. The number of ether oxygens (including phenoxy) is 1. The van der Waals surface area contributed by atoms with Gasteiger partial charge >= 0.3 is 6.03 Å². The molecule has 0 atom stereocenters. The molecule has 1 aliphatic heterocycles. The number of amides is 4. The lowest BCUT2D eigenvalue weighted by Gasteiger charge is -2.26. The van der Waals surface area contributed by atoms with Crippen LogP contribution < -0.4 is 15.0 Å². The molecule has 0 radical (unpaired) electrons. The number of methoxy groups -OCH3 is 1. The van der Waals surface area contributed by atoms with E-state index in [2.05, 4.69) is 5.32 Å². The first kappa shape index (κ1) is 18.9. The number of nitrogens with zero attached hydrogens (tertiary/aromatic N) is 1. The minimum absolute atomic E-state index is 0.0314. The number of carbonyl (C=O) groups is 3. The summed E-state index contributed by atoms with van der Waals surface area (Å²) in [5, 5.41) is 12.1. The number of barbiturate groups is 1. The molecule has 1 saturated heterocycles. The molecule has 7 nitrogen and oxygen atoms in total. The van der Waals surface area contributed by atoms with Gasteiger partial charge in [-0.25, -0.2) is 9.69 Å². The van der Waals surface area contributed by atoms with E-state index in [-0.39, 0.29) is 17.1 Å². The van der Waals surface area contributed by atoms with Gasteiger partial charge in [0.1, 0.15) is 5.57 Å². The predicted octanol–water partition coefficient (Wildman–Crippen LogP) is 2.98. The summed E-state index contributed by atoms with van der Waals surface area (Å²) < 4.78 is 5.59. The molecule has 4 amide bonds. The highest BCUT2D eigenvalue weighted by atomic mass is 127. The van der Waals surface area contributed by atoms with Crippen molar-refractivity contribution < 1.29 is 24.2 Å². The van der Waals surface area contributed by atoms with Crippen LogP contribution in [-0.2, 0) is 9.59 Å².